The molecule has 1 unspecified atom stereocenters. The Morgan fingerprint density at radius 1 is 0.778 bits per heavy atom. The van der Waals surface area contributed by atoms with Crippen LogP contribution in [0.25, 0.3) is 0 Å². The fourth-order valence-electron chi connectivity index (χ4n) is 4.56. The minimum atomic E-state index is -4.18. The molecule has 2 amide bonds. The lowest BCUT2D eigenvalue weighted by molar-refractivity contribution is -0.139. The summed E-state index contributed by atoms with van der Waals surface area (Å²) < 4.78 is 40.3. The Morgan fingerprint density at radius 3 is 2.00 bits per heavy atom. The number of anilines is 1. The van der Waals surface area contributed by atoms with Crippen LogP contribution < -0.4 is 19.1 Å². The van der Waals surface area contributed by atoms with Crippen LogP contribution in [0, 0.1) is 5.92 Å². The zero-order chi connectivity index (χ0) is 32.4. The highest BCUT2D eigenvalue weighted by molar-refractivity contribution is 7.92. The van der Waals surface area contributed by atoms with E-state index in [4.69, 9.17) is 9.47 Å². The standard InChI is InChI=1S/C35H39N3O6S/c1-26(2)23-36-35(40)27(3)37(24-28-12-11-15-32(22-28)43-4)34(39)25-38(45(41,42)33-16-9-6-10-17-33)29-18-20-31(21-19-29)44-30-13-7-5-8-14-30/h5-22,26-27H,23-25H2,1-4H3,(H,36,40). The van der Waals surface area contributed by atoms with Crippen molar-refractivity contribution in [2.45, 2.75) is 38.3 Å². The Balaban J connectivity index is 1.69. The van der Waals surface area contributed by atoms with Gasteiger partial charge in [0, 0.05) is 13.1 Å². The highest BCUT2D eigenvalue weighted by Gasteiger charge is 2.32. The molecular weight excluding hydrogens is 590 g/mol. The maximum Gasteiger partial charge on any atom is 0.264 e. The number of nitrogens with one attached hydrogen (secondary N) is 1. The molecule has 0 heterocycles. The molecule has 1 atom stereocenters. The van der Waals surface area contributed by atoms with Crippen molar-refractivity contribution >= 4 is 27.5 Å². The zero-order valence-corrected chi connectivity index (χ0v) is 26.7. The van der Waals surface area contributed by atoms with E-state index in [0.717, 1.165) is 9.87 Å². The van der Waals surface area contributed by atoms with Gasteiger partial charge in [0.25, 0.3) is 10.0 Å². The summed E-state index contributed by atoms with van der Waals surface area (Å²) in [6, 6.07) is 29.9. The minimum absolute atomic E-state index is 0.0319. The normalized spacial score (nSPS) is 11.8. The smallest absolute Gasteiger partial charge is 0.264 e. The number of ether oxygens (including phenoxy) is 2. The Bertz CT molecular complexity index is 1660. The molecule has 0 spiro atoms. The molecule has 0 bridgehead atoms. The third kappa shape index (κ3) is 8.86. The van der Waals surface area contributed by atoms with E-state index in [0.29, 0.717) is 23.8 Å². The van der Waals surface area contributed by atoms with Gasteiger partial charge in [-0.2, -0.15) is 0 Å². The van der Waals surface area contributed by atoms with Crippen molar-refractivity contribution in [2.24, 2.45) is 5.92 Å². The van der Waals surface area contributed by atoms with Crippen molar-refractivity contribution in [3.05, 3.63) is 115 Å². The average Bonchev–Trinajstić information content (AvgIpc) is 3.06. The Labute approximate surface area is 265 Å². The second-order valence-electron chi connectivity index (χ2n) is 10.9. The molecule has 4 aromatic carbocycles. The molecule has 236 valence electrons. The molecule has 9 nitrogen and oxygen atoms in total. The first kappa shape index (κ1) is 33.1. The topological polar surface area (TPSA) is 105 Å². The molecule has 4 rings (SSSR count). The van der Waals surface area contributed by atoms with Crippen LogP contribution in [0.5, 0.6) is 17.2 Å². The first-order valence-electron chi connectivity index (χ1n) is 14.7. The molecule has 10 heteroatoms. The van der Waals surface area contributed by atoms with Gasteiger partial charge in [0.15, 0.2) is 0 Å². The van der Waals surface area contributed by atoms with E-state index in [-0.39, 0.29) is 29.0 Å². The quantitative estimate of drug-likeness (QED) is 0.187. The van der Waals surface area contributed by atoms with Gasteiger partial charge in [0.2, 0.25) is 11.8 Å². The molecule has 0 fully saturated rings. The van der Waals surface area contributed by atoms with Gasteiger partial charge in [-0.25, -0.2) is 8.42 Å². The van der Waals surface area contributed by atoms with E-state index in [9.17, 15) is 18.0 Å². The summed E-state index contributed by atoms with van der Waals surface area (Å²) >= 11 is 0. The van der Waals surface area contributed by atoms with E-state index in [1.165, 1.54) is 17.0 Å². The van der Waals surface area contributed by atoms with Gasteiger partial charge in [-0.15, -0.1) is 0 Å². The number of amides is 2. The molecular formula is C35H39N3O6S. The number of hydrogen-bond donors (Lipinski definition) is 1. The summed E-state index contributed by atoms with van der Waals surface area (Å²) in [6.07, 6.45) is 0. The van der Waals surface area contributed by atoms with Crippen LogP contribution in [0.3, 0.4) is 0 Å². The summed E-state index contributed by atoms with van der Waals surface area (Å²) in [4.78, 5) is 28.8. The molecule has 0 radical (unpaired) electrons. The van der Waals surface area contributed by atoms with Crippen LogP contribution in [-0.4, -0.2) is 51.4 Å². The second kappa shape index (κ2) is 15.3. The molecule has 0 saturated carbocycles. The van der Waals surface area contributed by atoms with Gasteiger partial charge in [-0.05, 0) is 79.1 Å². The minimum Gasteiger partial charge on any atom is -0.497 e. The molecule has 45 heavy (non-hydrogen) atoms. The first-order chi connectivity index (χ1) is 21.6. The largest absolute Gasteiger partial charge is 0.497 e. The molecule has 0 aliphatic rings. The Morgan fingerprint density at radius 2 is 1.38 bits per heavy atom. The van der Waals surface area contributed by atoms with Crippen LogP contribution in [0.15, 0.2) is 114 Å². The summed E-state index contributed by atoms with van der Waals surface area (Å²) in [5.41, 5.74) is 0.997. The molecule has 0 saturated heterocycles. The highest BCUT2D eigenvalue weighted by atomic mass is 32.2. The SMILES string of the molecule is COc1cccc(CN(C(=O)CN(c2ccc(Oc3ccccc3)cc2)S(=O)(=O)c2ccccc2)C(C)C(=O)NCC(C)C)c1. The maximum absolute atomic E-state index is 14.1. The van der Waals surface area contributed by atoms with E-state index >= 15 is 0 Å². The number of rotatable bonds is 14. The lowest BCUT2D eigenvalue weighted by atomic mass is 10.1. The molecule has 0 aliphatic carbocycles. The molecule has 4 aromatic rings. The van der Waals surface area contributed by atoms with E-state index < -0.39 is 28.5 Å². The van der Waals surface area contributed by atoms with E-state index in [2.05, 4.69) is 5.32 Å². The predicted octanol–water partition coefficient (Wildman–Crippen LogP) is 5.87. The maximum atomic E-state index is 14.1. The zero-order valence-electron chi connectivity index (χ0n) is 25.9. The highest BCUT2D eigenvalue weighted by Crippen LogP contribution is 2.28. The number of nitrogens with zero attached hydrogens (tertiary/aromatic N) is 2. The average molecular weight is 630 g/mol. The van der Waals surface area contributed by atoms with E-state index in [1.54, 1.807) is 74.7 Å². The third-order valence-electron chi connectivity index (χ3n) is 7.05. The van der Waals surface area contributed by atoms with Crippen LogP contribution in [0.1, 0.15) is 26.3 Å². The number of benzene rings is 4. The van der Waals surface area contributed by atoms with Gasteiger partial charge in [0.05, 0.1) is 17.7 Å². The molecule has 0 aliphatic heterocycles. The lowest BCUT2D eigenvalue weighted by Gasteiger charge is -2.32. The monoisotopic (exact) mass is 629 g/mol. The number of hydrogen-bond acceptors (Lipinski definition) is 6. The lowest BCUT2D eigenvalue weighted by Crippen LogP contribution is -2.51. The van der Waals surface area contributed by atoms with Gasteiger partial charge < -0.3 is 19.7 Å². The summed E-state index contributed by atoms with van der Waals surface area (Å²) in [7, 11) is -2.63. The van der Waals surface area contributed by atoms with Gasteiger partial charge in [-0.3, -0.25) is 13.9 Å². The fraction of sp³-hybridized carbons (Fsp3) is 0.257. The second-order valence-corrected chi connectivity index (χ2v) is 12.8. The number of para-hydroxylation sites is 1. The van der Waals surface area contributed by atoms with Crippen molar-refractivity contribution in [1.82, 2.24) is 10.2 Å². The summed E-state index contributed by atoms with van der Waals surface area (Å²) in [5, 5.41) is 2.89. The number of carbonyl (C=O) groups is 2. The third-order valence-corrected chi connectivity index (χ3v) is 8.84. The van der Waals surface area contributed by atoms with Crippen molar-refractivity contribution < 1.29 is 27.5 Å². The number of sulfonamides is 1. The van der Waals surface area contributed by atoms with Crippen LogP contribution in [-0.2, 0) is 26.2 Å². The first-order valence-corrected chi connectivity index (χ1v) is 16.1. The van der Waals surface area contributed by atoms with Gasteiger partial charge in [-0.1, -0.05) is 62.4 Å². The fourth-order valence-corrected chi connectivity index (χ4v) is 5.99. The predicted molar refractivity (Wildman–Crippen MR) is 175 cm³/mol. The van der Waals surface area contributed by atoms with Crippen LogP contribution in [0.2, 0.25) is 0 Å². The summed E-state index contributed by atoms with van der Waals surface area (Å²) in [5.74, 6) is 1.07. The van der Waals surface area contributed by atoms with E-state index in [1.807, 2.05) is 50.2 Å². The van der Waals surface area contributed by atoms with Crippen molar-refractivity contribution in [3.8, 4) is 17.2 Å². The van der Waals surface area contributed by atoms with Crippen molar-refractivity contribution in [2.75, 3.05) is 24.5 Å². The number of methoxy groups -OCH3 is 1. The number of carbonyl (C=O) groups excluding carboxylic acids is 2. The Hall–Kier alpha value is -4.83. The van der Waals surface area contributed by atoms with Crippen LogP contribution >= 0.6 is 0 Å². The molecule has 0 aromatic heterocycles. The van der Waals surface area contributed by atoms with Gasteiger partial charge >= 0.3 is 0 Å². The summed E-state index contributed by atoms with van der Waals surface area (Å²) in [6.45, 7) is 5.56. The molecule has 1 N–H and O–H groups in total. The van der Waals surface area contributed by atoms with Crippen molar-refractivity contribution in [1.29, 1.82) is 0 Å². The Kier molecular flexibility index (Phi) is 11.2. The van der Waals surface area contributed by atoms with Gasteiger partial charge in [0.1, 0.15) is 29.8 Å². The van der Waals surface area contributed by atoms with Crippen LogP contribution in [0.4, 0.5) is 5.69 Å². The van der Waals surface area contributed by atoms with Crippen molar-refractivity contribution in [3.63, 3.8) is 0 Å².